The molecule has 2 aliphatic rings. The number of anilines is 1. The van der Waals surface area contributed by atoms with Crippen LogP contribution in [0.2, 0.25) is 5.02 Å². The molecule has 2 aliphatic heterocycles. The first kappa shape index (κ1) is 17.2. The van der Waals surface area contributed by atoms with Crippen molar-refractivity contribution in [3.63, 3.8) is 0 Å². The zero-order chi connectivity index (χ0) is 17.3. The molecule has 3 rings (SSSR count). The van der Waals surface area contributed by atoms with Crippen molar-refractivity contribution in [2.45, 2.75) is 25.8 Å². The summed E-state index contributed by atoms with van der Waals surface area (Å²) in [6.07, 6.45) is 1.94. The summed E-state index contributed by atoms with van der Waals surface area (Å²) >= 11 is 6.19. The molecule has 1 aromatic rings. The number of likely N-dealkylation sites (tertiary alicyclic amines) is 1. The second kappa shape index (κ2) is 7.07. The number of carbonyl (C=O) groups excluding carboxylic acids is 1. The molecule has 6 nitrogen and oxygen atoms in total. The molecular weight excluding hydrogens is 330 g/mol. The maximum Gasteiger partial charge on any atom is 0.257 e. The molecule has 132 valence electrons. The quantitative estimate of drug-likeness (QED) is 0.844. The van der Waals surface area contributed by atoms with Gasteiger partial charge in [-0.05, 0) is 25.5 Å². The van der Waals surface area contributed by atoms with Gasteiger partial charge in [0, 0.05) is 26.2 Å². The van der Waals surface area contributed by atoms with Crippen molar-refractivity contribution in [2.75, 3.05) is 45.6 Å². The first-order valence-electron chi connectivity index (χ1n) is 8.40. The van der Waals surface area contributed by atoms with Gasteiger partial charge >= 0.3 is 0 Å². The zero-order valence-corrected chi connectivity index (χ0v) is 14.9. The van der Waals surface area contributed by atoms with Crippen molar-refractivity contribution in [3.05, 3.63) is 16.7 Å². The highest BCUT2D eigenvalue weighted by Crippen LogP contribution is 2.43. The van der Waals surface area contributed by atoms with Crippen LogP contribution in [0.25, 0.3) is 0 Å². The highest BCUT2D eigenvalue weighted by Gasteiger charge is 2.30. The van der Waals surface area contributed by atoms with Crippen LogP contribution in [0.5, 0.6) is 11.5 Å². The Morgan fingerprint density at radius 3 is 2.58 bits per heavy atom. The highest BCUT2D eigenvalue weighted by molar-refractivity contribution is 6.34. The molecule has 0 saturated carbocycles. The summed E-state index contributed by atoms with van der Waals surface area (Å²) in [5.41, 5.74) is 6.70. The lowest BCUT2D eigenvalue weighted by atomic mass is 10.0. The Balaban J connectivity index is 1.83. The lowest BCUT2D eigenvalue weighted by Crippen LogP contribution is -2.45. The number of hydrogen-bond donors (Lipinski definition) is 1. The van der Waals surface area contributed by atoms with E-state index in [1.165, 1.54) is 0 Å². The van der Waals surface area contributed by atoms with Crippen LogP contribution >= 0.6 is 11.6 Å². The normalized spacial score (nSPS) is 18.5. The summed E-state index contributed by atoms with van der Waals surface area (Å²) < 4.78 is 11.2. The second-order valence-electron chi connectivity index (χ2n) is 6.26. The minimum atomic E-state index is -0.103. The minimum absolute atomic E-state index is 0.103. The van der Waals surface area contributed by atoms with Gasteiger partial charge in [0.15, 0.2) is 11.5 Å². The molecule has 1 aromatic carbocycles. The second-order valence-corrected chi connectivity index (χ2v) is 6.66. The van der Waals surface area contributed by atoms with Crippen molar-refractivity contribution in [1.29, 1.82) is 0 Å². The van der Waals surface area contributed by atoms with E-state index in [2.05, 4.69) is 11.8 Å². The maximum absolute atomic E-state index is 13.0. The number of amides is 1. The number of carbonyl (C=O) groups is 1. The number of piperidine rings is 1. The SMILES string of the molecule is CCN1CCC(N(C)C(=O)c2cc(Cl)c(N)c3c2OCCO3)CC1. The van der Waals surface area contributed by atoms with Crippen LogP contribution in [0.3, 0.4) is 0 Å². The molecule has 1 fully saturated rings. The molecule has 0 unspecified atom stereocenters. The maximum atomic E-state index is 13.0. The lowest BCUT2D eigenvalue weighted by molar-refractivity contribution is 0.0638. The Bertz CT molecular complexity index is 630. The van der Waals surface area contributed by atoms with Gasteiger partial charge in [0.25, 0.3) is 5.91 Å². The van der Waals surface area contributed by atoms with Gasteiger partial charge in [-0.15, -0.1) is 0 Å². The molecule has 7 heteroatoms. The van der Waals surface area contributed by atoms with E-state index in [-0.39, 0.29) is 11.9 Å². The molecule has 24 heavy (non-hydrogen) atoms. The average molecular weight is 354 g/mol. The highest BCUT2D eigenvalue weighted by atomic mass is 35.5. The summed E-state index contributed by atoms with van der Waals surface area (Å²) in [6.45, 7) is 6.03. The first-order valence-corrected chi connectivity index (χ1v) is 8.77. The van der Waals surface area contributed by atoms with Crippen molar-refractivity contribution in [3.8, 4) is 11.5 Å². The smallest absolute Gasteiger partial charge is 0.257 e. The molecule has 0 bridgehead atoms. The molecule has 2 heterocycles. The van der Waals surface area contributed by atoms with E-state index in [0.717, 1.165) is 32.5 Å². The average Bonchev–Trinajstić information content (AvgIpc) is 2.63. The van der Waals surface area contributed by atoms with E-state index in [4.69, 9.17) is 26.8 Å². The van der Waals surface area contributed by atoms with E-state index < -0.39 is 0 Å². The Morgan fingerprint density at radius 2 is 1.96 bits per heavy atom. The lowest BCUT2D eigenvalue weighted by Gasteiger charge is -2.36. The number of nitrogens with two attached hydrogens (primary N) is 1. The number of nitrogens with zero attached hydrogens (tertiary/aromatic N) is 2. The summed E-state index contributed by atoms with van der Waals surface area (Å²) in [5, 5.41) is 0.316. The molecule has 0 aromatic heterocycles. The van der Waals surface area contributed by atoms with Gasteiger partial charge in [0.05, 0.1) is 16.3 Å². The van der Waals surface area contributed by atoms with Gasteiger partial charge in [-0.1, -0.05) is 18.5 Å². The number of benzene rings is 1. The monoisotopic (exact) mass is 353 g/mol. The van der Waals surface area contributed by atoms with Crippen molar-refractivity contribution < 1.29 is 14.3 Å². The molecule has 0 spiro atoms. The van der Waals surface area contributed by atoms with Crippen LogP contribution in [-0.2, 0) is 0 Å². The zero-order valence-electron chi connectivity index (χ0n) is 14.2. The molecule has 0 aliphatic carbocycles. The Morgan fingerprint density at radius 1 is 1.33 bits per heavy atom. The minimum Gasteiger partial charge on any atom is -0.485 e. The Kier molecular flexibility index (Phi) is 5.06. The third-order valence-electron chi connectivity index (χ3n) is 4.90. The predicted octanol–water partition coefficient (Wildman–Crippen LogP) is 2.25. The van der Waals surface area contributed by atoms with Gasteiger partial charge in [-0.2, -0.15) is 0 Å². The van der Waals surface area contributed by atoms with Crippen molar-refractivity contribution in [2.24, 2.45) is 0 Å². The molecular formula is C17H24ClN3O3. The summed E-state index contributed by atoms with van der Waals surface area (Å²) in [4.78, 5) is 17.2. The molecule has 0 radical (unpaired) electrons. The van der Waals surface area contributed by atoms with Gasteiger partial charge in [-0.25, -0.2) is 0 Å². The van der Waals surface area contributed by atoms with Gasteiger partial charge < -0.3 is 25.0 Å². The molecule has 2 N–H and O–H groups in total. The van der Waals surface area contributed by atoms with E-state index in [9.17, 15) is 4.79 Å². The van der Waals surface area contributed by atoms with Crippen LogP contribution in [0.1, 0.15) is 30.1 Å². The van der Waals surface area contributed by atoms with Crippen molar-refractivity contribution in [1.82, 2.24) is 9.80 Å². The summed E-state index contributed by atoms with van der Waals surface area (Å²) in [7, 11) is 1.84. The van der Waals surface area contributed by atoms with E-state index in [1.807, 2.05) is 7.05 Å². The molecule has 1 saturated heterocycles. The summed E-state index contributed by atoms with van der Waals surface area (Å²) in [5.74, 6) is 0.686. The van der Waals surface area contributed by atoms with Crippen LogP contribution in [-0.4, -0.2) is 61.6 Å². The van der Waals surface area contributed by atoms with E-state index in [0.29, 0.717) is 41.0 Å². The van der Waals surface area contributed by atoms with Crippen molar-refractivity contribution >= 4 is 23.2 Å². The fourth-order valence-corrected chi connectivity index (χ4v) is 3.53. The largest absolute Gasteiger partial charge is 0.485 e. The summed E-state index contributed by atoms with van der Waals surface area (Å²) in [6, 6.07) is 1.81. The van der Waals surface area contributed by atoms with Crippen LogP contribution in [0, 0.1) is 0 Å². The number of fused-ring (bicyclic) bond motifs is 1. The van der Waals surface area contributed by atoms with Gasteiger partial charge in [0.2, 0.25) is 0 Å². The van der Waals surface area contributed by atoms with Gasteiger partial charge in [-0.3, -0.25) is 4.79 Å². The van der Waals surface area contributed by atoms with Crippen LogP contribution < -0.4 is 15.2 Å². The number of rotatable bonds is 3. The Labute approximate surface area is 147 Å². The van der Waals surface area contributed by atoms with Crippen LogP contribution in [0.15, 0.2) is 6.07 Å². The molecule has 0 atom stereocenters. The first-order chi connectivity index (χ1) is 11.5. The number of hydrogen-bond acceptors (Lipinski definition) is 5. The number of ether oxygens (including phenoxy) is 2. The molecule has 1 amide bonds. The topological polar surface area (TPSA) is 68.0 Å². The number of halogens is 1. The van der Waals surface area contributed by atoms with E-state index >= 15 is 0 Å². The Hall–Kier alpha value is -1.66. The number of nitrogen functional groups attached to an aromatic ring is 1. The third-order valence-corrected chi connectivity index (χ3v) is 5.22. The third kappa shape index (κ3) is 3.13. The standard InChI is InChI=1S/C17H24ClN3O3/c1-3-21-6-4-11(5-7-21)20(2)17(22)12-10-13(18)14(19)16-15(12)23-8-9-24-16/h10-11H,3-9,19H2,1-2H3. The van der Waals surface area contributed by atoms with Crippen LogP contribution in [0.4, 0.5) is 5.69 Å². The van der Waals surface area contributed by atoms with E-state index in [1.54, 1.807) is 11.0 Å². The fraction of sp³-hybridized carbons (Fsp3) is 0.588. The van der Waals surface area contributed by atoms with Gasteiger partial charge in [0.1, 0.15) is 13.2 Å². The predicted molar refractivity (Wildman–Crippen MR) is 94.1 cm³/mol. The fourth-order valence-electron chi connectivity index (χ4n) is 3.33.